The van der Waals surface area contributed by atoms with E-state index < -0.39 is 0 Å². The van der Waals surface area contributed by atoms with Gasteiger partial charge in [-0.2, -0.15) is 0 Å². The van der Waals surface area contributed by atoms with Crippen LogP contribution in [0.3, 0.4) is 0 Å². The van der Waals surface area contributed by atoms with Crippen LogP contribution in [0.1, 0.15) is 6.42 Å². The first-order chi connectivity index (χ1) is 3.79. The number of alkyl halides is 1. The molecule has 0 aromatic rings. The Hall–Kier alpha value is 0.120. The number of hydrogen-bond acceptors (Lipinski definition) is 1. The average molecular weight is 147 g/mol. The zero-order valence-corrected chi connectivity index (χ0v) is 5.99. The highest BCUT2D eigenvalue weighted by Gasteiger charge is 2.00. The molecule has 0 fully saturated rings. The van der Waals surface area contributed by atoms with Gasteiger partial charge in [0.15, 0.2) is 0 Å². The lowest BCUT2D eigenvalue weighted by molar-refractivity contribution is 1.04. The fourth-order valence-corrected chi connectivity index (χ4v) is 0.936. The first-order valence-electron chi connectivity index (χ1n) is 2.50. The molecule has 8 heavy (non-hydrogen) atoms. The molecule has 0 N–H and O–H groups in total. The highest BCUT2D eigenvalue weighted by atomic mass is 35.5. The second kappa shape index (κ2) is 2.60. The molecule has 1 rings (SSSR count). The van der Waals surface area contributed by atoms with Crippen LogP contribution >= 0.6 is 24.2 Å². The van der Waals surface area contributed by atoms with Gasteiger partial charge in [0, 0.05) is 0 Å². The minimum atomic E-state index is 0.186. The molecule has 0 nitrogen and oxygen atoms in total. The number of thiol groups is 1. The van der Waals surface area contributed by atoms with Gasteiger partial charge in [0.2, 0.25) is 0 Å². The molecule has 0 saturated carbocycles. The Bertz CT molecular complexity index is 137. The maximum Gasteiger partial charge on any atom is 0.0554 e. The van der Waals surface area contributed by atoms with Crippen molar-refractivity contribution in [3.05, 3.63) is 23.1 Å². The quantitative estimate of drug-likeness (QED) is 0.394. The topological polar surface area (TPSA) is 0 Å². The van der Waals surface area contributed by atoms with Crippen LogP contribution in [0, 0.1) is 0 Å². The smallest absolute Gasteiger partial charge is 0.0554 e. The standard InChI is InChI=1S/C6H7ClS/c7-5-1-3-6(8)4-2-5/h1,3-5,8H,2H2. The van der Waals surface area contributed by atoms with E-state index in [9.17, 15) is 0 Å². The summed E-state index contributed by atoms with van der Waals surface area (Å²) in [6, 6.07) is 0. The van der Waals surface area contributed by atoms with Crippen molar-refractivity contribution in [1.29, 1.82) is 0 Å². The van der Waals surface area contributed by atoms with Gasteiger partial charge < -0.3 is 0 Å². The van der Waals surface area contributed by atoms with Crippen LogP contribution in [0.15, 0.2) is 23.1 Å². The molecule has 0 radical (unpaired) electrons. The highest BCUT2D eigenvalue weighted by molar-refractivity contribution is 7.84. The van der Waals surface area contributed by atoms with E-state index in [1.54, 1.807) is 0 Å². The summed E-state index contributed by atoms with van der Waals surface area (Å²) in [7, 11) is 0. The van der Waals surface area contributed by atoms with Crippen molar-refractivity contribution in [2.45, 2.75) is 11.8 Å². The van der Waals surface area contributed by atoms with E-state index in [0.717, 1.165) is 11.3 Å². The number of hydrogen-bond donors (Lipinski definition) is 1. The van der Waals surface area contributed by atoms with Gasteiger partial charge in [-0.1, -0.05) is 18.2 Å². The van der Waals surface area contributed by atoms with Gasteiger partial charge in [-0.05, 0) is 11.3 Å². The van der Waals surface area contributed by atoms with Gasteiger partial charge in [-0.3, -0.25) is 0 Å². The maximum atomic E-state index is 5.72. The number of allylic oxidation sites excluding steroid dienone is 3. The summed E-state index contributed by atoms with van der Waals surface area (Å²) in [6.07, 6.45) is 6.80. The Kier molecular flexibility index (Phi) is 2.03. The SMILES string of the molecule is SC1=CCC(Cl)C=C1. The summed E-state index contributed by atoms with van der Waals surface area (Å²) in [5.41, 5.74) is 0. The molecular formula is C6H7ClS. The van der Waals surface area contributed by atoms with Crippen LogP contribution in [0.4, 0.5) is 0 Å². The Labute approximate surface area is 59.6 Å². The van der Waals surface area contributed by atoms with E-state index in [0.29, 0.717) is 0 Å². The van der Waals surface area contributed by atoms with Crippen molar-refractivity contribution < 1.29 is 0 Å². The summed E-state index contributed by atoms with van der Waals surface area (Å²) in [5, 5.41) is 0.186. The molecule has 1 aliphatic rings. The van der Waals surface area contributed by atoms with Crippen molar-refractivity contribution >= 4 is 24.2 Å². The van der Waals surface area contributed by atoms with Gasteiger partial charge in [0.05, 0.1) is 5.38 Å². The molecule has 0 amide bonds. The molecule has 0 aliphatic heterocycles. The van der Waals surface area contributed by atoms with Crippen molar-refractivity contribution in [2.24, 2.45) is 0 Å². The fourth-order valence-electron chi connectivity index (χ4n) is 0.583. The summed E-state index contributed by atoms with van der Waals surface area (Å²) in [4.78, 5) is 1.02. The second-order valence-corrected chi connectivity index (χ2v) is 2.82. The zero-order valence-electron chi connectivity index (χ0n) is 4.34. The molecule has 0 heterocycles. The lowest BCUT2D eigenvalue weighted by Crippen LogP contribution is -1.93. The molecule has 1 atom stereocenters. The molecule has 0 spiro atoms. The Morgan fingerprint density at radius 1 is 1.75 bits per heavy atom. The lowest BCUT2D eigenvalue weighted by Gasteiger charge is -2.04. The fraction of sp³-hybridized carbons (Fsp3) is 0.333. The van der Waals surface area contributed by atoms with Crippen molar-refractivity contribution in [3.8, 4) is 0 Å². The second-order valence-electron chi connectivity index (χ2n) is 1.74. The van der Waals surface area contributed by atoms with Crippen LogP contribution in [0.5, 0.6) is 0 Å². The summed E-state index contributed by atoms with van der Waals surface area (Å²) < 4.78 is 0. The lowest BCUT2D eigenvalue weighted by atomic mass is 10.2. The van der Waals surface area contributed by atoms with Crippen LogP contribution in [-0.2, 0) is 0 Å². The molecular weight excluding hydrogens is 140 g/mol. The first-order valence-corrected chi connectivity index (χ1v) is 3.39. The summed E-state index contributed by atoms with van der Waals surface area (Å²) >= 11 is 9.83. The number of halogens is 1. The monoisotopic (exact) mass is 146 g/mol. The van der Waals surface area contributed by atoms with Crippen LogP contribution in [0.25, 0.3) is 0 Å². The van der Waals surface area contributed by atoms with Gasteiger partial charge in [-0.25, -0.2) is 0 Å². The normalized spacial score (nSPS) is 27.8. The Morgan fingerprint density at radius 2 is 2.50 bits per heavy atom. The summed E-state index contributed by atoms with van der Waals surface area (Å²) in [5.74, 6) is 0. The molecule has 0 aromatic heterocycles. The maximum absolute atomic E-state index is 5.72. The number of rotatable bonds is 0. The first kappa shape index (κ1) is 6.24. The van der Waals surface area contributed by atoms with Gasteiger partial charge in [0.1, 0.15) is 0 Å². The van der Waals surface area contributed by atoms with Crippen molar-refractivity contribution in [1.82, 2.24) is 0 Å². The third-order valence-electron chi connectivity index (χ3n) is 1.03. The molecule has 44 valence electrons. The zero-order chi connectivity index (χ0) is 5.98. The van der Waals surface area contributed by atoms with Crippen molar-refractivity contribution in [3.63, 3.8) is 0 Å². The van der Waals surface area contributed by atoms with E-state index in [1.165, 1.54) is 0 Å². The predicted octanol–water partition coefficient (Wildman–Crippen LogP) is 2.37. The largest absolute Gasteiger partial charge is 0.144 e. The van der Waals surface area contributed by atoms with Gasteiger partial charge in [-0.15, -0.1) is 24.2 Å². The van der Waals surface area contributed by atoms with Crippen LogP contribution in [-0.4, -0.2) is 5.38 Å². The van der Waals surface area contributed by atoms with E-state index in [2.05, 4.69) is 12.6 Å². The minimum Gasteiger partial charge on any atom is -0.144 e. The highest BCUT2D eigenvalue weighted by Crippen LogP contribution is 2.16. The summed E-state index contributed by atoms with van der Waals surface area (Å²) in [6.45, 7) is 0. The molecule has 0 bridgehead atoms. The molecule has 2 heteroatoms. The molecule has 0 aromatic carbocycles. The van der Waals surface area contributed by atoms with Crippen LogP contribution in [0.2, 0.25) is 0 Å². The minimum absolute atomic E-state index is 0.186. The molecule has 0 saturated heterocycles. The van der Waals surface area contributed by atoms with Gasteiger partial charge in [0.25, 0.3) is 0 Å². The van der Waals surface area contributed by atoms with Crippen molar-refractivity contribution in [2.75, 3.05) is 0 Å². The van der Waals surface area contributed by atoms with Gasteiger partial charge >= 0.3 is 0 Å². The third-order valence-corrected chi connectivity index (χ3v) is 1.68. The predicted molar refractivity (Wildman–Crippen MR) is 40.5 cm³/mol. The third kappa shape index (κ3) is 1.57. The average Bonchev–Trinajstić information content (AvgIpc) is 1.77. The Morgan fingerprint density at radius 3 is 2.88 bits per heavy atom. The van der Waals surface area contributed by atoms with Crippen LogP contribution < -0.4 is 0 Å². The van der Waals surface area contributed by atoms with E-state index >= 15 is 0 Å². The Balaban J connectivity index is 2.58. The van der Waals surface area contributed by atoms with E-state index in [4.69, 9.17) is 11.6 Å². The van der Waals surface area contributed by atoms with E-state index in [-0.39, 0.29) is 5.38 Å². The molecule has 1 unspecified atom stereocenters. The van der Waals surface area contributed by atoms with E-state index in [1.807, 2.05) is 18.2 Å². The molecule has 1 aliphatic carbocycles.